The molecule has 0 aliphatic carbocycles. The Morgan fingerprint density at radius 2 is 2.10 bits per heavy atom. The second kappa shape index (κ2) is 5.54. The monoisotopic (exact) mass is 311 g/mol. The molecule has 0 aliphatic heterocycles. The van der Waals surface area contributed by atoms with Crippen molar-refractivity contribution in [1.29, 1.82) is 0 Å². The van der Waals surface area contributed by atoms with E-state index >= 15 is 0 Å². The minimum Gasteiger partial charge on any atom is -0.326 e. The van der Waals surface area contributed by atoms with Crippen molar-refractivity contribution < 1.29 is 17.8 Å². The molecule has 3 N–H and O–H groups in total. The quantitative estimate of drug-likeness (QED) is 0.710. The maximum atomic E-state index is 11.8. The third kappa shape index (κ3) is 4.04. The fourth-order valence-corrected chi connectivity index (χ4v) is 2.37. The summed E-state index contributed by atoms with van der Waals surface area (Å²) in [6.45, 7) is 1.36. The molecule has 0 unspecified atom stereocenters. The van der Waals surface area contributed by atoms with Gasteiger partial charge in [-0.3, -0.25) is 19.2 Å². The first-order chi connectivity index (χ1) is 9.74. The zero-order chi connectivity index (χ0) is 15.6. The van der Waals surface area contributed by atoms with Gasteiger partial charge < -0.3 is 5.32 Å². The van der Waals surface area contributed by atoms with E-state index in [-0.39, 0.29) is 11.6 Å². The highest BCUT2D eigenvalue weighted by Gasteiger charge is 2.12. The van der Waals surface area contributed by atoms with Gasteiger partial charge in [0.05, 0.1) is 11.4 Å². The zero-order valence-corrected chi connectivity index (χ0v) is 11.8. The first-order valence-corrected chi connectivity index (χ1v) is 7.50. The molecule has 0 bridgehead atoms. The molecule has 8 nitrogen and oxygen atoms in total. The Labute approximate surface area is 120 Å². The summed E-state index contributed by atoms with van der Waals surface area (Å²) in [5.74, 6) is -0.932. The number of anilines is 1. The number of carbonyl (C=O) groups excluding carboxylic acids is 1. The number of rotatable bonds is 4. The van der Waals surface area contributed by atoms with Crippen LogP contribution in [0, 0.1) is 0 Å². The van der Waals surface area contributed by atoms with Crippen LogP contribution in [0.5, 0.6) is 0 Å². The Hall–Kier alpha value is -2.39. The van der Waals surface area contributed by atoms with Gasteiger partial charge >= 0.3 is 0 Å². The summed E-state index contributed by atoms with van der Waals surface area (Å²) in [5.41, 5.74) is 0.506. The van der Waals surface area contributed by atoms with Crippen LogP contribution >= 0.6 is 0 Å². The zero-order valence-electron chi connectivity index (χ0n) is 11.0. The Balaban J connectivity index is 2.38. The third-order valence-corrected chi connectivity index (χ3v) is 3.21. The van der Waals surface area contributed by atoms with Crippen molar-refractivity contribution in [2.24, 2.45) is 0 Å². The van der Waals surface area contributed by atoms with Crippen LogP contribution in [0.15, 0.2) is 35.1 Å². The number of carbonyl (C=O) groups is 1. The predicted molar refractivity (Wildman–Crippen MR) is 75.9 cm³/mol. The molecule has 0 atom stereocenters. The van der Waals surface area contributed by atoms with Gasteiger partial charge in [0.1, 0.15) is 5.75 Å². The molecule has 0 spiro atoms. The molecule has 1 aromatic carbocycles. The standard InChI is InChI=1S/C12H13N3O5S/c1-8(16)13-9-3-2-4-11(5-9)15-12(17)6-10(14-15)7-21(18,19)20/h2-6,14H,7H2,1H3,(H,13,16)(H,18,19,20). The fraction of sp³-hybridized carbons (Fsp3) is 0.167. The lowest BCUT2D eigenvalue weighted by Gasteiger charge is -2.06. The number of benzene rings is 1. The van der Waals surface area contributed by atoms with E-state index in [1.807, 2.05) is 0 Å². The van der Waals surface area contributed by atoms with Crippen molar-refractivity contribution in [3.8, 4) is 5.69 Å². The molecular weight excluding hydrogens is 298 g/mol. The van der Waals surface area contributed by atoms with Crippen LogP contribution < -0.4 is 10.9 Å². The molecule has 21 heavy (non-hydrogen) atoms. The van der Waals surface area contributed by atoms with Gasteiger partial charge in [-0.1, -0.05) is 6.07 Å². The molecule has 2 rings (SSSR count). The van der Waals surface area contributed by atoms with Crippen molar-refractivity contribution >= 4 is 21.7 Å². The second-order valence-corrected chi connectivity index (χ2v) is 5.87. The summed E-state index contributed by atoms with van der Waals surface area (Å²) in [6.07, 6.45) is 0. The second-order valence-electron chi connectivity index (χ2n) is 4.41. The molecular formula is C12H13N3O5S. The maximum absolute atomic E-state index is 11.8. The lowest BCUT2D eigenvalue weighted by molar-refractivity contribution is -0.114. The van der Waals surface area contributed by atoms with Gasteiger partial charge in [0.25, 0.3) is 15.7 Å². The largest absolute Gasteiger partial charge is 0.326 e. The minimum absolute atomic E-state index is 0.0624. The first kappa shape index (κ1) is 15.0. The number of hydrogen-bond acceptors (Lipinski definition) is 4. The van der Waals surface area contributed by atoms with Crippen LogP contribution in [0.4, 0.5) is 5.69 Å². The van der Waals surface area contributed by atoms with Gasteiger partial charge in [0.2, 0.25) is 5.91 Å². The van der Waals surface area contributed by atoms with E-state index in [0.717, 1.165) is 10.7 Å². The smallest absolute Gasteiger partial charge is 0.271 e. The molecule has 1 amide bonds. The van der Waals surface area contributed by atoms with E-state index in [0.29, 0.717) is 11.4 Å². The number of nitrogens with one attached hydrogen (secondary N) is 2. The van der Waals surface area contributed by atoms with Crippen LogP contribution in [0.3, 0.4) is 0 Å². The average molecular weight is 311 g/mol. The Kier molecular flexibility index (Phi) is 3.96. The van der Waals surface area contributed by atoms with Crippen LogP contribution in [-0.4, -0.2) is 28.7 Å². The van der Waals surface area contributed by atoms with Crippen molar-refractivity contribution in [2.45, 2.75) is 12.7 Å². The lowest BCUT2D eigenvalue weighted by atomic mass is 10.3. The van der Waals surface area contributed by atoms with E-state index in [4.69, 9.17) is 4.55 Å². The molecule has 0 saturated heterocycles. The number of H-pyrrole nitrogens is 1. The highest BCUT2D eigenvalue weighted by Crippen LogP contribution is 2.13. The van der Waals surface area contributed by atoms with Gasteiger partial charge in [-0.15, -0.1) is 0 Å². The van der Waals surface area contributed by atoms with E-state index in [1.54, 1.807) is 24.3 Å². The number of hydrogen-bond donors (Lipinski definition) is 3. The number of aromatic nitrogens is 2. The number of aromatic amines is 1. The molecule has 9 heteroatoms. The Morgan fingerprint density at radius 3 is 2.71 bits per heavy atom. The van der Waals surface area contributed by atoms with Crippen LogP contribution in [-0.2, 0) is 20.7 Å². The van der Waals surface area contributed by atoms with Crippen molar-refractivity contribution in [1.82, 2.24) is 9.78 Å². The number of nitrogens with zero attached hydrogens (tertiary/aromatic N) is 1. The summed E-state index contributed by atoms with van der Waals surface area (Å²) < 4.78 is 31.5. The van der Waals surface area contributed by atoms with Gasteiger partial charge in [0.15, 0.2) is 0 Å². The molecule has 1 aromatic heterocycles. The molecule has 0 saturated carbocycles. The fourth-order valence-electron chi connectivity index (χ4n) is 1.83. The molecule has 2 aromatic rings. The highest BCUT2D eigenvalue weighted by atomic mass is 32.2. The van der Waals surface area contributed by atoms with Crippen LogP contribution in [0.25, 0.3) is 5.69 Å². The summed E-state index contributed by atoms with van der Waals surface area (Å²) in [7, 11) is -4.23. The van der Waals surface area contributed by atoms with Crippen LogP contribution in [0.1, 0.15) is 12.6 Å². The molecule has 1 heterocycles. The minimum atomic E-state index is -4.23. The van der Waals surface area contributed by atoms with Gasteiger partial charge in [0, 0.05) is 18.7 Å². The number of amides is 1. The van der Waals surface area contributed by atoms with Gasteiger partial charge in [-0.2, -0.15) is 8.42 Å². The SMILES string of the molecule is CC(=O)Nc1cccc(-n2[nH]c(CS(=O)(=O)O)cc2=O)c1. The molecule has 0 radical (unpaired) electrons. The lowest BCUT2D eigenvalue weighted by Crippen LogP contribution is -2.14. The van der Waals surface area contributed by atoms with Crippen molar-refractivity contribution in [2.75, 3.05) is 5.32 Å². The van der Waals surface area contributed by atoms with E-state index < -0.39 is 21.4 Å². The molecule has 112 valence electrons. The Morgan fingerprint density at radius 1 is 1.38 bits per heavy atom. The van der Waals surface area contributed by atoms with Crippen molar-refractivity contribution in [3.63, 3.8) is 0 Å². The van der Waals surface area contributed by atoms with Gasteiger partial charge in [-0.05, 0) is 18.2 Å². The normalized spacial score (nSPS) is 11.3. The molecule has 0 fully saturated rings. The maximum Gasteiger partial charge on any atom is 0.271 e. The Bertz CT molecular complexity index is 835. The summed E-state index contributed by atoms with van der Waals surface area (Å²) in [6, 6.07) is 7.53. The third-order valence-electron chi connectivity index (χ3n) is 2.54. The van der Waals surface area contributed by atoms with Crippen LogP contribution in [0.2, 0.25) is 0 Å². The van der Waals surface area contributed by atoms with E-state index in [2.05, 4.69) is 10.4 Å². The van der Waals surface area contributed by atoms with E-state index in [9.17, 15) is 18.0 Å². The molecule has 0 aliphatic rings. The predicted octanol–water partition coefficient (Wildman–Crippen LogP) is 0.512. The van der Waals surface area contributed by atoms with Gasteiger partial charge in [-0.25, -0.2) is 4.68 Å². The summed E-state index contributed by atoms with van der Waals surface area (Å²) in [4.78, 5) is 22.8. The highest BCUT2D eigenvalue weighted by molar-refractivity contribution is 7.85. The first-order valence-electron chi connectivity index (χ1n) is 5.89. The van der Waals surface area contributed by atoms with Crippen molar-refractivity contribution in [3.05, 3.63) is 46.4 Å². The summed E-state index contributed by atoms with van der Waals surface area (Å²) >= 11 is 0. The average Bonchev–Trinajstić information content (AvgIpc) is 2.67. The van der Waals surface area contributed by atoms with E-state index in [1.165, 1.54) is 6.92 Å². The topological polar surface area (TPSA) is 121 Å². The summed E-state index contributed by atoms with van der Waals surface area (Å²) in [5, 5.41) is 5.16.